The minimum Gasteiger partial charge on any atom is -0.490 e. The fourth-order valence-corrected chi connectivity index (χ4v) is 1.92. The Balaban J connectivity index is 1.85. The highest BCUT2D eigenvalue weighted by Gasteiger charge is 2.21. The number of pyridine rings is 1. The van der Waals surface area contributed by atoms with Crippen molar-refractivity contribution in [3.8, 4) is 5.75 Å². The molecule has 0 amide bonds. The molecule has 1 atom stereocenters. The highest BCUT2D eigenvalue weighted by Crippen LogP contribution is 2.16. The van der Waals surface area contributed by atoms with E-state index < -0.39 is 0 Å². The molecule has 0 spiro atoms. The lowest BCUT2D eigenvalue weighted by atomic mass is 10.2. The molecule has 0 bridgehead atoms. The van der Waals surface area contributed by atoms with Crippen molar-refractivity contribution in [1.29, 1.82) is 0 Å². The summed E-state index contributed by atoms with van der Waals surface area (Å²) in [5, 5.41) is 0. The number of hydrogen-bond acceptors (Lipinski definition) is 3. The van der Waals surface area contributed by atoms with Crippen LogP contribution in [0.1, 0.15) is 18.5 Å². The number of nitrogens with zero attached hydrogens (tertiary/aromatic N) is 2. The van der Waals surface area contributed by atoms with E-state index >= 15 is 0 Å². The van der Waals surface area contributed by atoms with Crippen LogP contribution in [0, 0.1) is 6.92 Å². The quantitative estimate of drug-likeness (QED) is 0.755. The molecule has 15 heavy (non-hydrogen) atoms. The van der Waals surface area contributed by atoms with Crippen LogP contribution in [-0.2, 0) is 0 Å². The molecular formula is C12H18N2O. The summed E-state index contributed by atoms with van der Waals surface area (Å²) in [5.74, 6) is 0.876. The lowest BCUT2D eigenvalue weighted by Crippen LogP contribution is -2.30. The van der Waals surface area contributed by atoms with E-state index in [2.05, 4.69) is 16.9 Å². The second kappa shape index (κ2) is 4.62. The van der Waals surface area contributed by atoms with Gasteiger partial charge in [0.15, 0.2) is 0 Å². The van der Waals surface area contributed by atoms with Crippen molar-refractivity contribution < 1.29 is 4.74 Å². The summed E-state index contributed by atoms with van der Waals surface area (Å²) in [5.41, 5.74) is 1.03. The molecule has 0 radical (unpaired) electrons. The molecule has 2 heterocycles. The van der Waals surface area contributed by atoms with Gasteiger partial charge in [0, 0.05) is 11.7 Å². The van der Waals surface area contributed by atoms with Crippen LogP contribution in [0.2, 0.25) is 0 Å². The summed E-state index contributed by atoms with van der Waals surface area (Å²) in [6.45, 7) is 3.95. The van der Waals surface area contributed by atoms with E-state index in [0.29, 0.717) is 6.04 Å². The minimum atomic E-state index is 0.575. The second-order valence-electron chi connectivity index (χ2n) is 4.22. The number of rotatable bonds is 3. The van der Waals surface area contributed by atoms with E-state index in [9.17, 15) is 0 Å². The van der Waals surface area contributed by atoms with Gasteiger partial charge in [-0.2, -0.15) is 0 Å². The Kier molecular flexibility index (Phi) is 3.21. The van der Waals surface area contributed by atoms with Crippen LogP contribution < -0.4 is 4.74 Å². The zero-order valence-corrected chi connectivity index (χ0v) is 9.44. The molecule has 3 nitrogen and oxygen atoms in total. The minimum absolute atomic E-state index is 0.575. The van der Waals surface area contributed by atoms with E-state index in [1.54, 1.807) is 6.20 Å². The van der Waals surface area contributed by atoms with Gasteiger partial charge in [0.25, 0.3) is 0 Å². The first-order valence-electron chi connectivity index (χ1n) is 5.51. The summed E-state index contributed by atoms with van der Waals surface area (Å²) >= 11 is 0. The third-order valence-corrected chi connectivity index (χ3v) is 3.00. The SMILES string of the molecule is Cc1ccc(OC[C@H]2CCCN2C)cn1. The summed E-state index contributed by atoms with van der Waals surface area (Å²) in [4.78, 5) is 6.57. The van der Waals surface area contributed by atoms with Gasteiger partial charge in [-0.3, -0.25) is 4.98 Å². The number of likely N-dealkylation sites (tertiary alicyclic amines) is 1. The summed E-state index contributed by atoms with van der Waals surface area (Å²) in [6.07, 6.45) is 4.33. The molecule has 0 N–H and O–H groups in total. The monoisotopic (exact) mass is 206 g/mol. The van der Waals surface area contributed by atoms with Gasteiger partial charge in [0.1, 0.15) is 12.4 Å². The molecule has 1 aromatic rings. The summed E-state index contributed by atoms with van der Waals surface area (Å²) in [7, 11) is 2.16. The molecule has 82 valence electrons. The first kappa shape index (κ1) is 10.4. The van der Waals surface area contributed by atoms with Crippen LogP contribution in [0.15, 0.2) is 18.3 Å². The third-order valence-electron chi connectivity index (χ3n) is 3.00. The third kappa shape index (κ3) is 2.69. The molecule has 1 saturated heterocycles. The van der Waals surface area contributed by atoms with Gasteiger partial charge in [-0.15, -0.1) is 0 Å². The topological polar surface area (TPSA) is 25.4 Å². The van der Waals surface area contributed by atoms with Gasteiger partial charge in [-0.25, -0.2) is 0 Å². The largest absolute Gasteiger partial charge is 0.490 e. The van der Waals surface area contributed by atoms with Crippen LogP contribution in [0.25, 0.3) is 0 Å². The fraction of sp³-hybridized carbons (Fsp3) is 0.583. The van der Waals surface area contributed by atoms with Crippen LogP contribution in [0.4, 0.5) is 0 Å². The van der Waals surface area contributed by atoms with Crippen molar-refractivity contribution in [3.05, 3.63) is 24.0 Å². The van der Waals surface area contributed by atoms with Crippen LogP contribution in [0.5, 0.6) is 5.75 Å². The molecule has 1 aromatic heterocycles. The smallest absolute Gasteiger partial charge is 0.137 e. The van der Waals surface area contributed by atoms with Crippen LogP contribution >= 0.6 is 0 Å². The maximum atomic E-state index is 5.71. The average Bonchev–Trinajstić information content (AvgIpc) is 2.63. The normalized spacial score (nSPS) is 21.9. The average molecular weight is 206 g/mol. The van der Waals surface area contributed by atoms with E-state index in [-0.39, 0.29) is 0 Å². The zero-order valence-electron chi connectivity index (χ0n) is 9.44. The van der Waals surface area contributed by atoms with Gasteiger partial charge >= 0.3 is 0 Å². The van der Waals surface area contributed by atoms with Gasteiger partial charge in [-0.05, 0) is 45.5 Å². The Morgan fingerprint density at radius 3 is 3.00 bits per heavy atom. The number of aromatic nitrogens is 1. The number of likely N-dealkylation sites (N-methyl/N-ethyl adjacent to an activating group) is 1. The van der Waals surface area contributed by atoms with Crippen molar-refractivity contribution in [1.82, 2.24) is 9.88 Å². The maximum absolute atomic E-state index is 5.71. The Morgan fingerprint density at radius 2 is 2.40 bits per heavy atom. The summed E-state index contributed by atoms with van der Waals surface area (Å²) in [6, 6.07) is 4.54. The molecule has 1 aliphatic heterocycles. The molecule has 1 fully saturated rings. The Morgan fingerprint density at radius 1 is 1.53 bits per heavy atom. The van der Waals surface area contributed by atoms with E-state index in [0.717, 1.165) is 18.1 Å². The maximum Gasteiger partial charge on any atom is 0.137 e. The lowest BCUT2D eigenvalue weighted by molar-refractivity contribution is 0.198. The standard InChI is InChI=1S/C12H18N2O/c1-10-5-6-12(8-13-10)15-9-11-4-3-7-14(11)2/h5-6,8,11H,3-4,7,9H2,1-2H3/t11-/m1/s1. The van der Waals surface area contributed by atoms with E-state index in [4.69, 9.17) is 4.74 Å². The van der Waals surface area contributed by atoms with Gasteiger partial charge in [-0.1, -0.05) is 0 Å². The number of aryl methyl sites for hydroxylation is 1. The van der Waals surface area contributed by atoms with Crippen LogP contribution in [0.3, 0.4) is 0 Å². The zero-order chi connectivity index (χ0) is 10.7. The van der Waals surface area contributed by atoms with Gasteiger partial charge in [0.05, 0.1) is 6.20 Å². The lowest BCUT2D eigenvalue weighted by Gasteiger charge is -2.19. The highest BCUT2D eigenvalue weighted by molar-refractivity contribution is 5.19. The van der Waals surface area contributed by atoms with Crippen LogP contribution in [-0.4, -0.2) is 36.1 Å². The molecule has 2 rings (SSSR count). The second-order valence-corrected chi connectivity index (χ2v) is 4.22. The van der Waals surface area contributed by atoms with Crippen molar-refractivity contribution in [2.45, 2.75) is 25.8 Å². The van der Waals surface area contributed by atoms with Gasteiger partial charge < -0.3 is 9.64 Å². The molecule has 0 unspecified atom stereocenters. The molecule has 0 aromatic carbocycles. The van der Waals surface area contributed by atoms with Gasteiger partial charge in [0.2, 0.25) is 0 Å². The van der Waals surface area contributed by atoms with E-state index in [1.165, 1.54) is 19.4 Å². The fourth-order valence-electron chi connectivity index (χ4n) is 1.92. The van der Waals surface area contributed by atoms with Crippen molar-refractivity contribution in [2.75, 3.05) is 20.2 Å². The first-order chi connectivity index (χ1) is 7.25. The Hall–Kier alpha value is -1.09. The van der Waals surface area contributed by atoms with Crippen molar-refractivity contribution in [2.24, 2.45) is 0 Å². The molecule has 1 aliphatic rings. The first-order valence-corrected chi connectivity index (χ1v) is 5.51. The predicted octanol–water partition coefficient (Wildman–Crippen LogP) is 1.86. The van der Waals surface area contributed by atoms with E-state index in [1.807, 2.05) is 19.1 Å². The molecular weight excluding hydrogens is 188 g/mol. The Bertz CT molecular complexity index is 310. The number of hydrogen-bond donors (Lipinski definition) is 0. The van der Waals surface area contributed by atoms with Crippen molar-refractivity contribution >= 4 is 0 Å². The van der Waals surface area contributed by atoms with Crippen molar-refractivity contribution in [3.63, 3.8) is 0 Å². The molecule has 0 aliphatic carbocycles. The Labute approximate surface area is 91.1 Å². The number of ether oxygens (including phenoxy) is 1. The highest BCUT2D eigenvalue weighted by atomic mass is 16.5. The molecule has 3 heteroatoms. The summed E-state index contributed by atoms with van der Waals surface area (Å²) < 4.78 is 5.71. The predicted molar refractivity (Wildman–Crippen MR) is 60.1 cm³/mol. The molecule has 0 saturated carbocycles.